The maximum atomic E-state index is 12.1. The Bertz CT molecular complexity index is 686. The first kappa shape index (κ1) is 13.3. The zero-order valence-electron chi connectivity index (χ0n) is 11.1. The fourth-order valence-electron chi connectivity index (χ4n) is 2.41. The Hall–Kier alpha value is -2.10. The molecule has 1 heterocycles. The molecule has 0 amide bonds. The van der Waals surface area contributed by atoms with Gasteiger partial charge in [-0.1, -0.05) is 25.1 Å². The molecule has 4 heteroatoms. The van der Waals surface area contributed by atoms with Gasteiger partial charge in [-0.15, -0.1) is 0 Å². The summed E-state index contributed by atoms with van der Waals surface area (Å²) in [7, 11) is 0. The number of pyridine rings is 1. The second-order valence-corrected chi connectivity index (χ2v) is 4.64. The fraction of sp³-hybridized carbons (Fsp3) is 0.333. The number of carboxylic acids is 1. The maximum Gasteiger partial charge on any atom is 0.303 e. The Kier molecular flexibility index (Phi) is 3.69. The Morgan fingerprint density at radius 2 is 2.11 bits per heavy atom. The average molecular weight is 259 g/mol. The lowest BCUT2D eigenvalue weighted by molar-refractivity contribution is -0.136. The van der Waals surface area contributed by atoms with E-state index in [-0.39, 0.29) is 18.4 Å². The van der Waals surface area contributed by atoms with E-state index in [9.17, 15) is 9.59 Å². The lowest BCUT2D eigenvalue weighted by Gasteiger charge is -2.10. The van der Waals surface area contributed by atoms with E-state index < -0.39 is 5.97 Å². The number of carboxylic acid groups (broad SMARTS) is 1. The van der Waals surface area contributed by atoms with Crippen LogP contribution >= 0.6 is 0 Å². The molecule has 100 valence electrons. The Morgan fingerprint density at radius 1 is 1.37 bits per heavy atom. The first-order valence-electron chi connectivity index (χ1n) is 6.39. The van der Waals surface area contributed by atoms with Gasteiger partial charge in [-0.25, -0.2) is 0 Å². The molecule has 0 saturated heterocycles. The number of aryl methyl sites for hydroxylation is 2. The van der Waals surface area contributed by atoms with Crippen LogP contribution < -0.4 is 5.56 Å². The van der Waals surface area contributed by atoms with Crippen molar-refractivity contribution in [2.75, 3.05) is 0 Å². The second-order valence-electron chi connectivity index (χ2n) is 4.64. The summed E-state index contributed by atoms with van der Waals surface area (Å²) < 4.78 is 0. The maximum absolute atomic E-state index is 12.1. The summed E-state index contributed by atoms with van der Waals surface area (Å²) in [5, 5.41) is 9.74. The molecule has 2 N–H and O–H groups in total. The van der Waals surface area contributed by atoms with Crippen LogP contribution in [0.15, 0.2) is 23.0 Å². The zero-order valence-corrected chi connectivity index (χ0v) is 11.1. The molecule has 2 aromatic rings. The molecule has 0 bridgehead atoms. The van der Waals surface area contributed by atoms with Crippen molar-refractivity contribution in [2.45, 2.75) is 33.1 Å². The number of nitrogens with one attached hydrogen (secondary N) is 1. The van der Waals surface area contributed by atoms with E-state index in [1.54, 1.807) is 0 Å². The van der Waals surface area contributed by atoms with Crippen LogP contribution in [-0.2, 0) is 17.6 Å². The van der Waals surface area contributed by atoms with Crippen LogP contribution in [0.5, 0.6) is 0 Å². The number of carbonyl (C=O) groups is 1. The number of aromatic amines is 1. The summed E-state index contributed by atoms with van der Waals surface area (Å²) in [6.45, 7) is 3.93. The van der Waals surface area contributed by atoms with Crippen LogP contribution in [0, 0.1) is 6.92 Å². The van der Waals surface area contributed by atoms with Gasteiger partial charge in [0, 0.05) is 17.4 Å². The van der Waals surface area contributed by atoms with Gasteiger partial charge in [-0.2, -0.15) is 0 Å². The molecule has 1 aromatic heterocycles. The van der Waals surface area contributed by atoms with Gasteiger partial charge in [0.05, 0.1) is 5.52 Å². The minimum absolute atomic E-state index is 0.0249. The number of rotatable bonds is 4. The molecule has 0 spiro atoms. The van der Waals surface area contributed by atoms with E-state index in [1.165, 1.54) is 0 Å². The average Bonchev–Trinajstić information content (AvgIpc) is 2.37. The predicted octanol–water partition coefficient (Wildman–Crippen LogP) is 2.42. The highest BCUT2D eigenvalue weighted by Crippen LogP contribution is 2.21. The highest BCUT2D eigenvalue weighted by Gasteiger charge is 2.12. The van der Waals surface area contributed by atoms with E-state index in [1.807, 2.05) is 32.0 Å². The van der Waals surface area contributed by atoms with Crippen molar-refractivity contribution < 1.29 is 9.90 Å². The van der Waals surface area contributed by atoms with E-state index in [2.05, 4.69) is 4.98 Å². The number of H-pyrrole nitrogens is 1. The molecule has 0 aliphatic heterocycles. The quantitative estimate of drug-likeness (QED) is 0.885. The highest BCUT2D eigenvalue weighted by molar-refractivity contribution is 5.85. The largest absolute Gasteiger partial charge is 0.481 e. The number of aliphatic carboxylic acids is 1. The topological polar surface area (TPSA) is 70.2 Å². The number of para-hydroxylation sites is 1. The van der Waals surface area contributed by atoms with Gasteiger partial charge in [-0.05, 0) is 30.9 Å². The summed E-state index contributed by atoms with van der Waals surface area (Å²) in [4.78, 5) is 25.6. The third kappa shape index (κ3) is 2.52. The lowest BCUT2D eigenvalue weighted by atomic mass is 9.98. The first-order valence-corrected chi connectivity index (χ1v) is 6.39. The Balaban J connectivity index is 2.62. The minimum atomic E-state index is -0.888. The van der Waals surface area contributed by atoms with Gasteiger partial charge in [0.1, 0.15) is 0 Å². The predicted molar refractivity (Wildman–Crippen MR) is 74.6 cm³/mol. The molecule has 2 rings (SSSR count). The van der Waals surface area contributed by atoms with Crippen LogP contribution in [0.25, 0.3) is 10.9 Å². The summed E-state index contributed by atoms with van der Waals surface area (Å²) in [5.74, 6) is -0.888. The molecular weight excluding hydrogens is 242 g/mol. The molecule has 4 nitrogen and oxygen atoms in total. The molecule has 1 aromatic carbocycles. The Labute approximate surface area is 111 Å². The SMILES string of the molecule is CCc1cccc2c(C)c(CCC(=O)O)c(=O)[nH]c12. The van der Waals surface area contributed by atoms with Crippen LogP contribution in [0.2, 0.25) is 0 Å². The van der Waals surface area contributed by atoms with Crippen molar-refractivity contribution in [3.8, 4) is 0 Å². The van der Waals surface area contributed by atoms with Crippen molar-refractivity contribution in [2.24, 2.45) is 0 Å². The minimum Gasteiger partial charge on any atom is -0.481 e. The number of fused-ring (bicyclic) bond motifs is 1. The molecule has 19 heavy (non-hydrogen) atoms. The van der Waals surface area contributed by atoms with Gasteiger partial charge in [-0.3, -0.25) is 9.59 Å². The first-order chi connectivity index (χ1) is 9.04. The monoisotopic (exact) mass is 259 g/mol. The fourth-order valence-corrected chi connectivity index (χ4v) is 2.41. The third-order valence-corrected chi connectivity index (χ3v) is 3.49. The molecular formula is C15H17NO3. The second kappa shape index (κ2) is 5.26. The number of benzene rings is 1. The molecule has 0 atom stereocenters. The summed E-state index contributed by atoms with van der Waals surface area (Å²) in [6, 6.07) is 5.92. The number of aromatic nitrogens is 1. The normalized spacial score (nSPS) is 10.8. The van der Waals surface area contributed by atoms with Crippen LogP contribution in [0.3, 0.4) is 0 Å². The van der Waals surface area contributed by atoms with Gasteiger partial charge < -0.3 is 10.1 Å². The van der Waals surface area contributed by atoms with Gasteiger partial charge >= 0.3 is 5.97 Å². The summed E-state index contributed by atoms with van der Waals surface area (Å²) >= 11 is 0. The number of hydrogen-bond acceptors (Lipinski definition) is 2. The Morgan fingerprint density at radius 3 is 2.74 bits per heavy atom. The zero-order chi connectivity index (χ0) is 14.0. The number of hydrogen-bond donors (Lipinski definition) is 2. The smallest absolute Gasteiger partial charge is 0.303 e. The highest BCUT2D eigenvalue weighted by atomic mass is 16.4. The molecule has 0 radical (unpaired) electrons. The molecule has 0 unspecified atom stereocenters. The van der Waals surface area contributed by atoms with Crippen molar-refractivity contribution in [1.29, 1.82) is 0 Å². The van der Waals surface area contributed by atoms with Crippen molar-refractivity contribution in [1.82, 2.24) is 4.98 Å². The van der Waals surface area contributed by atoms with E-state index in [0.717, 1.165) is 28.5 Å². The third-order valence-electron chi connectivity index (χ3n) is 3.49. The molecule has 0 saturated carbocycles. The van der Waals surface area contributed by atoms with Crippen molar-refractivity contribution in [3.63, 3.8) is 0 Å². The molecule has 0 fully saturated rings. The van der Waals surface area contributed by atoms with Gasteiger partial charge in [0.15, 0.2) is 0 Å². The van der Waals surface area contributed by atoms with E-state index in [0.29, 0.717) is 5.56 Å². The van der Waals surface area contributed by atoms with E-state index in [4.69, 9.17) is 5.11 Å². The van der Waals surface area contributed by atoms with Crippen LogP contribution in [0.4, 0.5) is 0 Å². The summed E-state index contributed by atoms with van der Waals surface area (Å²) in [6.07, 6.45) is 1.09. The van der Waals surface area contributed by atoms with Crippen molar-refractivity contribution >= 4 is 16.9 Å². The van der Waals surface area contributed by atoms with Crippen LogP contribution in [-0.4, -0.2) is 16.1 Å². The van der Waals surface area contributed by atoms with E-state index >= 15 is 0 Å². The van der Waals surface area contributed by atoms with Gasteiger partial charge in [0.25, 0.3) is 5.56 Å². The summed E-state index contributed by atoms with van der Waals surface area (Å²) in [5.41, 5.74) is 3.25. The van der Waals surface area contributed by atoms with Crippen LogP contribution in [0.1, 0.15) is 30.0 Å². The van der Waals surface area contributed by atoms with Gasteiger partial charge in [0.2, 0.25) is 0 Å². The van der Waals surface area contributed by atoms with Crippen molar-refractivity contribution in [3.05, 3.63) is 45.2 Å². The standard InChI is InChI=1S/C15H17NO3/c1-3-10-5-4-6-11-9(2)12(7-8-13(17)18)15(19)16-14(10)11/h4-6H,3,7-8H2,1-2H3,(H,16,19)(H,17,18). The molecule has 0 aliphatic carbocycles. The lowest BCUT2D eigenvalue weighted by Crippen LogP contribution is -2.16. The molecule has 0 aliphatic rings.